The summed E-state index contributed by atoms with van der Waals surface area (Å²) in [7, 11) is 3.98. The summed E-state index contributed by atoms with van der Waals surface area (Å²) in [5.74, 6) is 0.229. The van der Waals surface area contributed by atoms with Gasteiger partial charge >= 0.3 is 0 Å². The molecule has 1 N–H and O–H groups in total. The van der Waals surface area contributed by atoms with Crippen molar-refractivity contribution < 1.29 is 4.79 Å². The lowest BCUT2D eigenvalue weighted by Gasteiger charge is -2.11. The lowest BCUT2D eigenvalue weighted by atomic mass is 10.1. The second-order valence-electron chi connectivity index (χ2n) is 4.12. The van der Waals surface area contributed by atoms with Gasteiger partial charge in [-0.2, -0.15) is 0 Å². The van der Waals surface area contributed by atoms with Gasteiger partial charge in [-0.15, -0.1) is 0 Å². The molecular weight excluding hydrogens is 226 g/mol. The Balaban J connectivity index is 2.07. The lowest BCUT2D eigenvalue weighted by Crippen LogP contribution is -2.07. The maximum absolute atomic E-state index is 11.7. The fourth-order valence-corrected chi connectivity index (χ4v) is 1.53. The summed E-state index contributed by atoms with van der Waals surface area (Å²) in [5.41, 5.74) is 2.12. The third-order valence-electron chi connectivity index (χ3n) is 2.57. The van der Waals surface area contributed by atoms with Crippen LogP contribution in [0.1, 0.15) is 16.2 Å². The van der Waals surface area contributed by atoms with Crippen LogP contribution in [0.15, 0.2) is 42.7 Å². The number of ketones is 1. The highest BCUT2D eigenvalue weighted by molar-refractivity contribution is 6.04. The van der Waals surface area contributed by atoms with E-state index in [4.69, 9.17) is 0 Å². The fraction of sp³-hybridized carbons (Fsp3) is 0.143. The second-order valence-corrected chi connectivity index (χ2v) is 4.12. The van der Waals surface area contributed by atoms with Crippen LogP contribution in [0.5, 0.6) is 0 Å². The number of aromatic nitrogens is 2. The summed E-state index contributed by atoms with van der Waals surface area (Å²) in [6.45, 7) is 0. The Morgan fingerprint density at radius 2 is 2.00 bits per heavy atom. The van der Waals surface area contributed by atoms with Crippen LogP contribution in [-0.2, 0) is 0 Å². The Bertz CT molecular complexity index is 539. The van der Waals surface area contributed by atoms with E-state index >= 15 is 0 Å². The molecule has 2 rings (SSSR count). The number of carbonyl (C=O) groups is 1. The van der Waals surface area contributed by atoms with Gasteiger partial charge < -0.3 is 9.88 Å². The summed E-state index contributed by atoms with van der Waals surface area (Å²) in [6.07, 6.45) is 6.49. The molecule has 2 aromatic rings. The van der Waals surface area contributed by atoms with Crippen LogP contribution in [0.2, 0.25) is 0 Å². The van der Waals surface area contributed by atoms with E-state index in [0.29, 0.717) is 5.82 Å². The third-order valence-corrected chi connectivity index (χ3v) is 2.57. The molecule has 1 aromatic carbocycles. The zero-order valence-corrected chi connectivity index (χ0v) is 10.4. The van der Waals surface area contributed by atoms with E-state index in [9.17, 15) is 4.79 Å². The number of hydrogen-bond acceptors (Lipinski definition) is 3. The molecule has 4 nitrogen and oxygen atoms in total. The van der Waals surface area contributed by atoms with Crippen molar-refractivity contribution in [1.29, 1.82) is 0 Å². The van der Waals surface area contributed by atoms with Crippen LogP contribution in [0.3, 0.4) is 0 Å². The number of imidazole rings is 1. The van der Waals surface area contributed by atoms with Crippen molar-refractivity contribution in [3.63, 3.8) is 0 Å². The molecule has 0 atom stereocenters. The zero-order chi connectivity index (χ0) is 13.0. The Morgan fingerprint density at radius 3 is 2.56 bits per heavy atom. The Hall–Kier alpha value is -2.36. The van der Waals surface area contributed by atoms with Crippen LogP contribution in [0, 0.1) is 0 Å². The average molecular weight is 241 g/mol. The molecule has 0 aliphatic carbocycles. The monoisotopic (exact) mass is 241 g/mol. The summed E-state index contributed by atoms with van der Waals surface area (Å²) < 4.78 is 0. The Morgan fingerprint density at radius 1 is 1.28 bits per heavy atom. The molecule has 0 aliphatic heterocycles. The van der Waals surface area contributed by atoms with Gasteiger partial charge in [0, 0.05) is 32.2 Å². The van der Waals surface area contributed by atoms with E-state index < -0.39 is 0 Å². The molecule has 0 radical (unpaired) electrons. The number of allylic oxidation sites excluding steroid dienone is 1. The van der Waals surface area contributed by atoms with Gasteiger partial charge in [0.15, 0.2) is 5.82 Å². The summed E-state index contributed by atoms with van der Waals surface area (Å²) in [6, 6.07) is 7.97. The molecule has 18 heavy (non-hydrogen) atoms. The van der Waals surface area contributed by atoms with E-state index in [1.54, 1.807) is 18.5 Å². The number of nitrogens with zero attached hydrogens (tertiary/aromatic N) is 2. The summed E-state index contributed by atoms with van der Waals surface area (Å²) in [5, 5.41) is 0. The van der Waals surface area contributed by atoms with Crippen molar-refractivity contribution in [3.05, 3.63) is 54.1 Å². The standard InChI is InChI=1S/C14H15N3O/c1-17(2)12-6-3-11(4-7-12)5-8-13(18)14-15-9-10-16-14/h3-10H,1-2H3,(H,15,16)/b8-5-. The first-order chi connectivity index (χ1) is 8.66. The van der Waals surface area contributed by atoms with E-state index in [1.807, 2.05) is 43.3 Å². The number of benzene rings is 1. The number of carbonyl (C=O) groups excluding carboxylic acids is 1. The number of nitrogens with one attached hydrogen (secondary N) is 1. The molecule has 0 unspecified atom stereocenters. The molecule has 92 valence electrons. The lowest BCUT2D eigenvalue weighted by molar-refractivity contribution is 0.103. The summed E-state index contributed by atoms with van der Waals surface area (Å²) in [4.78, 5) is 20.4. The van der Waals surface area contributed by atoms with Gasteiger partial charge in [-0.1, -0.05) is 18.2 Å². The molecule has 0 saturated heterocycles. The van der Waals surface area contributed by atoms with Crippen molar-refractivity contribution in [1.82, 2.24) is 9.97 Å². The predicted molar refractivity (Wildman–Crippen MR) is 72.7 cm³/mol. The number of H-pyrrole nitrogens is 1. The SMILES string of the molecule is CN(C)c1ccc(/C=C\C(=O)c2ncc[nH]2)cc1. The largest absolute Gasteiger partial charge is 0.378 e. The van der Waals surface area contributed by atoms with Crippen LogP contribution in [0.4, 0.5) is 5.69 Å². The van der Waals surface area contributed by atoms with Gasteiger partial charge in [0.25, 0.3) is 0 Å². The van der Waals surface area contributed by atoms with E-state index in [0.717, 1.165) is 11.3 Å². The van der Waals surface area contributed by atoms with E-state index in [2.05, 4.69) is 9.97 Å². The van der Waals surface area contributed by atoms with Crippen LogP contribution in [0.25, 0.3) is 6.08 Å². The molecular formula is C14H15N3O. The van der Waals surface area contributed by atoms with Crippen molar-refractivity contribution in [2.24, 2.45) is 0 Å². The van der Waals surface area contributed by atoms with Crippen molar-refractivity contribution in [3.8, 4) is 0 Å². The first-order valence-corrected chi connectivity index (χ1v) is 5.66. The number of aromatic amines is 1. The highest BCUT2D eigenvalue weighted by Crippen LogP contribution is 2.13. The van der Waals surface area contributed by atoms with Gasteiger partial charge in [-0.3, -0.25) is 4.79 Å². The van der Waals surface area contributed by atoms with Crippen molar-refractivity contribution in [2.45, 2.75) is 0 Å². The smallest absolute Gasteiger partial charge is 0.221 e. The van der Waals surface area contributed by atoms with Crippen molar-refractivity contribution >= 4 is 17.5 Å². The number of hydrogen-bond donors (Lipinski definition) is 1. The van der Waals surface area contributed by atoms with Crippen molar-refractivity contribution in [2.75, 3.05) is 19.0 Å². The van der Waals surface area contributed by atoms with Gasteiger partial charge in [0.1, 0.15) is 0 Å². The molecule has 0 amide bonds. The highest BCUT2D eigenvalue weighted by Gasteiger charge is 2.02. The molecule has 1 heterocycles. The highest BCUT2D eigenvalue weighted by atomic mass is 16.1. The molecule has 0 fully saturated rings. The average Bonchev–Trinajstić information content (AvgIpc) is 2.90. The van der Waals surface area contributed by atoms with Crippen LogP contribution >= 0.6 is 0 Å². The topological polar surface area (TPSA) is 49.0 Å². The predicted octanol–water partition coefficient (Wildman–Crippen LogP) is 2.37. The second kappa shape index (κ2) is 5.31. The minimum absolute atomic E-state index is 0.128. The molecule has 4 heteroatoms. The maximum atomic E-state index is 11.7. The first kappa shape index (κ1) is 12.1. The first-order valence-electron chi connectivity index (χ1n) is 5.66. The zero-order valence-electron chi connectivity index (χ0n) is 10.4. The molecule has 0 spiro atoms. The molecule has 1 aromatic heterocycles. The van der Waals surface area contributed by atoms with E-state index in [1.165, 1.54) is 6.08 Å². The number of anilines is 1. The number of rotatable bonds is 4. The summed E-state index contributed by atoms with van der Waals surface area (Å²) >= 11 is 0. The maximum Gasteiger partial charge on any atom is 0.221 e. The minimum atomic E-state index is -0.128. The quantitative estimate of drug-likeness (QED) is 0.660. The van der Waals surface area contributed by atoms with Gasteiger partial charge in [-0.25, -0.2) is 4.98 Å². The van der Waals surface area contributed by atoms with Crippen LogP contribution in [-0.4, -0.2) is 29.8 Å². The third kappa shape index (κ3) is 2.85. The Kier molecular flexibility index (Phi) is 3.57. The molecule has 0 aliphatic rings. The Labute approximate surface area is 106 Å². The van der Waals surface area contributed by atoms with Gasteiger partial charge in [0.2, 0.25) is 5.78 Å². The normalized spacial score (nSPS) is 10.8. The minimum Gasteiger partial charge on any atom is -0.378 e. The fourth-order valence-electron chi connectivity index (χ4n) is 1.53. The molecule has 0 saturated carbocycles. The van der Waals surface area contributed by atoms with Gasteiger partial charge in [0.05, 0.1) is 0 Å². The van der Waals surface area contributed by atoms with Crippen LogP contribution < -0.4 is 4.90 Å². The van der Waals surface area contributed by atoms with Gasteiger partial charge in [-0.05, 0) is 23.8 Å². The molecule has 0 bridgehead atoms. The van der Waals surface area contributed by atoms with E-state index in [-0.39, 0.29) is 5.78 Å².